The molecule has 0 radical (unpaired) electrons. The first-order chi connectivity index (χ1) is 9.45. The number of aliphatic hydroxyl groups excluding tert-OH is 1. The first kappa shape index (κ1) is 15.5. The maximum atomic E-state index is 9.81. The van der Waals surface area contributed by atoms with Gasteiger partial charge in [-0.3, -0.25) is 0 Å². The molecule has 2 heteroatoms. The Hall–Kier alpha value is -0.860. The molecule has 1 aromatic rings. The number of aryl methyl sites for hydroxylation is 1. The maximum absolute atomic E-state index is 9.81. The van der Waals surface area contributed by atoms with Gasteiger partial charge in [-0.1, -0.05) is 51.5 Å². The minimum atomic E-state index is -0.163. The van der Waals surface area contributed by atoms with E-state index >= 15 is 0 Å². The summed E-state index contributed by atoms with van der Waals surface area (Å²) in [4.78, 5) is 0. The van der Waals surface area contributed by atoms with Gasteiger partial charge in [0.25, 0.3) is 0 Å². The summed E-state index contributed by atoms with van der Waals surface area (Å²) in [6.07, 6.45) is 4.40. The Morgan fingerprint density at radius 3 is 2.45 bits per heavy atom. The highest BCUT2D eigenvalue weighted by atomic mass is 16.3. The van der Waals surface area contributed by atoms with Crippen LogP contribution in [0.1, 0.15) is 64.1 Å². The van der Waals surface area contributed by atoms with E-state index in [-0.39, 0.29) is 11.5 Å². The van der Waals surface area contributed by atoms with E-state index in [1.54, 1.807) is 0 Å². The van der Waals surface area contributed by atoms with Crippen molar-refractivity contribution in [2.24, 2.45) is 5.41 Å². The van der Waals surface area contributed by atoms with Crippen LogP contribution in [0.25, 0.3) is 0 Å². The third kappa shape index (κ3) is 3.24. The lowest BCUT2D eigenvalue weighted by molar-refractivity contribution is -0.0754. The zero-order valence-electron chi connectivity index (χ0n) is 13.3. The molecule has 112 valence electrons. The molecule has 0 amide bonds. The lowest BCUT2D eigenvalue weighted by Gasteiger charge is -2.50. The number of aliphatic hydroxyl groups is 1. The van der Waals surface area contributed by atoms with Crippen LogP contribution in [-0.4, -0.2) is 17.3 Å². The van der Waals surface area contributed by atoms with Crippen LogP contribution in [0.2, 0.25) is 0 Å². The molecule has 20 heavy (non-hydrogen) atoms. The molecule has 2 nitrogen and oxygen atoms in total. The average molecular weight is 275 g/mol. The Labute approximate surface area is 123 Å². The number of hydrogen-bond donors (Lipinski definition) is 2. The van der Waals surface area contributed by atoms with E-state index in [0.717, 1.165) is 6.42 Å². The summed E-state index contributed by atoms with van der Waals surface area (Å²) in [7, 11) is 0. The van der Waals surface area contributed by atoms with Gasteiger partial charge in [-0.25, -0.2) is 0 Å². The number of unbranched alkanes of at least 4 members (excludes halogenated alkanes) is 1. The van der Waals surface area contributed by atoms with E-state index < -0.39 is 0 Å². The summed E-state index contributed by atoms with van der Waals surface area (Å²) in [5.41, 5.74) is 2.76. The van der Waals surface area contributed by atoms with E-state index in [9.17, 15) is 5.11 Å². The minimum absolute atomic E-state index is 0.00464. The Morgan fingerprint density at radius 1 is 1.30 bits per heavy atom. The highest BCUT2D eigenvalue weighted by Gasteiger charge is 2.47. The van der Waals surface area contributed by atoms with Gasteiger partial charge in [-0.15, -0.1) is 0 Å². The van der Waals surface area contributed by atoms with Crippen LogP contribution < -0.4 is 5.32 Å². The zero-order chi connectivity index (χ0) is 14.8. The molecule has 1 fully saturated rings. The maximum Gasteiger partial charge on any atom is 0.0621 e. The second-order valence-corrected chi connectivity index (χ2v) is 6.86. The molecule has 1 aliphatic rings. The molecule has 0 heterocycles. The fraction of sp³-hybridized carbons (Fsp3) is 0.667. The summed E-state index contributed by atoms with van der Waals surface area (Å²) in [6.45, 7) is 8.72. The normalized spacial score (nSPS) is 26.1. The van der Waals surface area contributed by atoms with Gasteiger partial charge in [-0.05, 0) is 37.3 Å². The third-order valence-corrected chi connectivity index (χ3v) is 4.97. The predicted molar refractivity (Wildman–Crippen MR) is 84.8 cm³/mol. The van der Waals surface area contributed by atoms with E-state index in [4.69, 9.17) is 0 Å². The van der Waals surface area contributed by atoms with E-state index in [1.165, 1.54) is 30.4 Å². The Morgan fingerprint density at radius 2 is 1.95 bits per heavy atom. The second kappa shape index (κ2) is 6.28. The molecule has 1 aliphatic carbocycles. The molecule has 0 spiro atoms. The lowest BCUT2D eigenvalue weighted by Crippen LogP contribution is -2.60. The van der Waals surface area contributed by atoms with Gasteiger partial charge in [0.2, 0.25) is 0 Å². The molecule has 2 N–H and O–H groups in total. The molecule has 3 atom stereocenters. The number of nitrogens with one attached hydrogen (secondary N) is 1. The molecular formula is C18H29NO. The summed E-state index contributed by atoms with van der Waals surface area (Å²) in [6, 6.07) is 9.74. The van der Waals surface area contributed by atoms with E-state index in [0.29, 0.717) is 12.1 Å². The number of rotatable bonds is 6. The van der Waals surface area contributed by atoms with Gasteiger partial charge in [0, 0.05) is 17.5 Å². The van der Waals surface area contributed by atoms with Crippen molar-refractivity contribution >= 4 is 0 Å². The van der Waals surface area contributed by atoms with Crippen molar-refractivity contribution in [3.8, 4) is 0 Å². The van der Waals surface area contributed by atoms with Crippen molar-refractivity contribution in [1.29, 1.82) is 0 Å². The summed E-state index contributed by atoms with van der Waals surface area (Å²) in [5, 5.41) is 13.5. The smallest absolute Gasteiger partial charge is 0.0621 e. The van der Waals surface area contributed by atoms with Gasteiger partial charge in [0.1, 0.15) is 0 Å². The lowest BCUT2D eigenvalue weighted by atomic mass is 9.64. The SMILES string of the molecule is CCCCc1ccc(C(C)NC2CC(O)C2(C)C)cc1. The minimum Gasteiger partial charge on any atom is -0.392 e. The van der Waals surface area contributed by atoms with E-state index in [2.05, 4.69) is 57.3 Å². The molecular weight excluding hydrogens is 246 g/mol. The predicted octanol–water partition coefficient (Wildman–Crippen LogP) is 3.84. The highest BCUT2D eigenvalue weighted by molar-refractivity contribution is 5.25. The molecule has 1 aromatic carbocycles. The Bertz CT molecular complexity index is 424. The topological polar surface area (TPSA) is 32.3 Å². The van der Waals surface area contributed by atoms with Crippen molar-refractivity contribution in [3.63, 3.8) is 0 Å². The molecule has 1 saturated carbocycles. The third-order valence-electron chi connectivity index (χ3n) is 4.97. The van der Waals surface area contributed by atoms with Crippen LogP contribution in [0.15, 0.2) is 24.3 Å². The number of benzene rings is 1. The summed E-state index contributed by atoms with van der Waals surface area (Å²) < 4.78 is 0. The summed E-state index contributed by atoms with van der Waals surface area (Å²) in [5.74, 6) is 0. The van der Waals surface area contributed by atoms with Crippen molar-refractivity contribution < 1.29 is 5.11 Å². The van der Waals surface area contributed by atoms with Gasteiger partial charge < -0.3 is 10.4 Å². The highest BCUT2D eigenvalue weighted by Crippen LogP contribution is 2.41. The van der Waals surface area contributed by atoms with Gasteiger partial charge >= 0.3 is 0 Å². The molecule has 0 saturated heterocycles. The quantitative estimate of drug-likeness (QED) is 0.827. The van der Waals surface area contributed by atoms with Gasteiger partial charge in [0.15, 0.2) is 0 Å². The van der Waals surface area contributed by atoms with Gasteiger partial charge in [0.05, 0.1) is 6.10 Å². The zero-order valence-corrected chi connectivity index (χ0v) is 13.3. The molecule has 0 bridgehead atoms. The molecule has 0 aliphatic heterocycles. The molecule has 0 aromatic heterocycles. The largest absolute Gasteiger partial charge is 0.392 e. The standard InChI is InChI=1S/C18H29NO/c1-5-6-7-14-8-10-15(11-9-14)13(2)19-16-12-17(20)18(16,3)4/h8-11,13,16-17,19-20H,5-7,12H2,1-4H3. The van der Waals surface area contributed by atoms with Gasteiger partial charge in [-0.2, -0.15) is 0 Å². The second-order valence-electron chi connectivity index (χ2n) is 6.86. The molecule has 3 unspecified atom stereocenters. The van der Waals surface area contributed by atoms with Crippen LogP contribution >= 0.6 is 0 Å². The van der Waals surface area contributed by atoms with Crippen LogP contribution in [0.3, 0.4) is 0 Å². The first-order valence-corrected chi connectivity index (χ1v) is 7.98. The van der Waals surface area contributed by atoms with Crippen LogP contribution in [0, 0.1) is 5.41 Å². The van der Waals surface area contributed by atoms with Crippen molar-refractivity contribution in [2.75, 3.05) is 0 Å². The fourth-order valence-corrected chi connectivity index (χ4v) is 2.94. The fourth-order valence-electron chi connectivity index (χ4n) is 2.94. The average Bonchev–Trinajstić information content (AvgIpc) is 2.45. The Kier molecular flexibility index (Phi) is 4.87. The molecule has 2 rings (SSSR count). The Balaban J connectivity index is 1.91. The van der Waals surface area contributed by atoms with Crippen molar-refractivity contribution in [2.45, 2.75) is 71.6 Å². The summed E-state index contributed by atoms with van der Waals surface area (Å²) >= 11 is 0. The first-order valence-electron chi connectivity index (χ1n) is 7.98. The van der Waals surface area contributed by atoms with Crippen LogP contribution in [-0.2, 0) is 6.42 Å². The van der Waals surface area contributed by atoms with E-state index in [1.807, 2.05) is 0 Å². The van der Waals surface area contributed by atoms with Crippen LogP contribution in [0.4, 0.5) is 0 Å². The monoisotopic (exact) mass is 275 g/mol. The van der Waals surface area contributed by atoms with Crippen LogP contribution in [0.5, 0.6) is 0 Å². The van der Waals surface area contributed by atoms with Crippen molar-refractivity contribution in [1.82, 2.24) is 5.32 Å². The van der Waals surface area contributed by atoms with Crippen molar-refractivity contribution in [3.05, 3.63) is 35.4 Å². The number of hydrogen-bond acceptors (Lipinski definition) is 2.